The molecule has 1 N–H and O–H groups in total. The molecule has 0 atom stereocenters. The van der Waals surface area contributed by atoms with Crippen LogP contribution >= 0.6 is 0 Å². The van der Waals surface area contributed by atoms with Crippen molar-refractivity contribution in [2.45, 2.75) is 6.18 Å². The summed E-state index contributed by atoms with van der Waals surface area (Å²) in [6, 6.07) is 10.3. The third-order valence-electron chi connectivity index (χ3n) is 3.80. The highest BCUT2D eigenvalue weighted by atomic mass is 19.4. The first-order valence-corrected chi connectivity index (χ1v) is 7.42. The van der Waals surface area contributed by atoms with Crippen molar-refractivity contribution in [1.82, 2.24) is 0 Å². The molecule has 3 rings (SSSR count). The van der Waals surface area contributed by atoms with E-state index in [1.807, 2.05) is 0 Å². The van der Waals surface area contributed by atoms with Gasteiger partial charge in [-0.2, -0.15) is 13.2 Å². The molecular formula is C19H14F4NO+. The van der Waals surface area contributed by atoms with Gasteiger partial charge in [0, 0.05) is 11.5 Å². The molecule has 0 saturated heterocycles. The van der Waals surface area contributed by atoms with E-state index in [9.17, 15) is 17.6 Å². The summed E-state index contributed by atoms with van der Waals surface area (Å²) in [5, 5.41) is 0.457. The lowest BCUT2D eigenvalue weighted by Crippen LogP contribution is -2.15. The Balaban J connectivity index is 2.11. The first-order valence-electron chi connectivity index (χ1n) is 7.42. The number of alkyl halides is 3. The average Bonchev–Trinajstić information content (AvgIpc) is 2.59. The van der Waals surface area contributed by atoms with Crippen molar-refractivity contribution >= 4 is 22.9 Å². The van der Waals surface area contributed by atoms with Crippen molar-refractivity contribution in [2.24, 2.45) is 0 Å². The minimum atomic E-state index is -4.49. The minimum absolute atomic E-state index is 0.0457. The highest BCUT2D eigenvalue weighted by Crippen LogP contribution is 2.36. The number of nitrogens with one attached hydrogen (secondary N) is 1. The van der Waals surface area contributed by atoms with E-state index in [2.05, 4.69) is 4.98 Å². The number of aromatic nitrogens is 1. The number of fused-ring (bicyclic) bond motifs is 1. The van der Waals surface area contributed by atoms with Gasteiger partial charge in [-0.15, -0.1) is 0 Å². The molecule has 128 valence electrons. The number of hydrogen-bond acceptors (Lipinski definition) is 1. The van der Waals surface area contributed by atoms with Gasteiger partial charge in [-0.25, -0.2) is 9.37 Å². The molecule has 1 heterocycles. The first-order chi connectivity index (χ1) is 11.9. The number of pyridine rings is 1. The van der Waals surface area contributed by atoms with Crippen LogP contribution in [0, 0.1) is 5.82 Å². The molecule has 6 heteroatoms. The molecule has 3 aromatic rings. The van der Waals surface area contributed by atoms with Gasteiger partial charge < -0.3 is 4.74 Å². The molecule has 2 nitrogen and oxygen atoms in total. The predicted octanol–water partition coefficient (Wildman–Crippen LogP) is 4.99. The maximum atomic E-state index is 13.3. The monoisotopic (exact) mass is 348 g/mol. The number of ether oxygens (including phenoxy) is 1. The summed E-state index contributed by atoms with van der Waals surface area (Å²) in [6.07, 6.45) is -0.198. The van der Waals surface area contributed by atoms with Crippen LogP contribution in [0.3, 0.4) is 0 Å². The summed E-state index contributed by atoms with van der Waals surface area (Å²) in [6.45, 7) is 0. The highest BCUT2D eigenvalue weighted by Gasteiger charge is 2.35. The highest BCUT2D eigenvalue weighted by molar-refractivity contribution is 5.93. The maximum Gasteiger partial charge on any atom is 0.422 e. The van der Waals surface area contributed by atoms with E-state index in [1.54, 1.807) is 36.4 Å². The Kier molecular flexibility index (Phi) is 4.44. The number of benzene rings is 2. The Morgan fingerprint density at radius 3 is 2.32 bits per heavy atom. The molecule has 0 aliphatic rings. The molecule has 25 heavy (non-hydrogen) atoms. The molecule has 0 aliphatic heterocycles. The van der Waals surface area contributed by atoms with Crippen molar-refractivity contribution in [2.75, 3.05) is 7.11 Å². The van der Waals surface area contributed by atoms with E-state index in [4.69, 9.17) is 4.74 Å². The molecule has 0 aliphatic carbocycles. The summed E-state index contributed by atoms with van der Waals surface area (Å²) in [4.78, 5) is 2.68. The van der Waals surface area contributed by atoms with Crippen LogP contribution in [0.4, 0.5) is 17.6 Å². The zero-order chi connectivity index (χ0) is 18.0. The van der Waals surface area contributed by atoms with Crippen molar-refractivity contribution in [3.8, 4) is 5.75 Å². The third-order valence-corrected chi connectivity index (χ3v) is 3.80. The number of H-pyrrole nitrogens is 1. The lowest BCUT2D eigenvalue weighted by Gasteiger charge is -2.09. The number of methoxy groups -OCH3 is 1. The average molecular weight is 348 g/mol. The summed E-state index contributed by atoms with van der Waals surface area (Å²) < 4.78 is 57.8. The Bertz CT molecular complexity index is 931. The standard InChI is InChI=1S/C19H13F4NO/c1-25-14-7-8-15-16(10-14)17(19(21,22)23)11-24-18(15)9-4-12-2-5-13(20)6-3-12/h2-11H,1H3/p+1. The van der Waals surface area contributed by atoms with Crippen LogP contribution in [0.25, 0.3) is 22.9 Å². The quantitative estimate of drug-likeness (QED) is 0.612. The smallest absolute Gasteiger partial charge is 0.422 e. The molecule has 1 aromatic heterocycles. The number of rotatable bonds is 3. The van der Waals surface area contributed by atoms with Crippen molar-refractivity contribution in [1.29, 1.82) is 0 Å². The summed E-state index contributed by atoms with van der Waals surface area (Å²) >= 11 is 0. The van der Waals surface area contributed by atoms with E-state index >= 15 is 0 Å². The summed E-state index contributed by atoms with van der Waals surface area (Å²) in [7, 11) is 1.40. The van der Waals surface area contributed by atoms with E-state index in [-0.39, 0.29) is 11.2 Å². The Hall–Kier alpha value is -2.89. The summed E-state index contributed by atoms with van der Waals surface area (Å²) in [5.74, 6) is -0.00606. The van der Waals surface area contributed by atoms with Gasteiger partial charge in [0.15, 0.2) is 6.20 Å². The lowest BCUT2D eigenvalue weighted by molar-refractivity contribution is -0.381. The number of halogens is 4. The van der Waals surface area contributed by atoms with E-state index in [1.165, 1.54) is 25.3 Å². The molecule has 0 unspecified atom stereocenters. The van der Waals surface area contributed by atoms with Crippen LogP contribution < -0.4 is 9.72 Å². The SMILES string of the molecule is COc1ccc2c(C=Cc3ccc(F)cc3)[nH+]cc(C(F)(F)F)c2c1. The van der Waals surface area contributed by atoms with E-state index in [0.717, 1.165) is 11.8 Å². The van der Waals surface area contributed by atoms with Gasteiger partial charge in [0.1, 0.15) is 17.1 Å². The number of aromatic amines is 1. The van der Waals surface area contributed by atoms with Crippen LogP contribution in [0.15, 0.2) is 48.7 Å². The second kappa shape index (κ2) is 6.55. The fourth-order valence-electron chi connectivity index (χ4n) is 2.54. The molecule has 0 radical (unpaired) electrons. The predicted molar refractivity (Wildman–Crippen MR) is 87.4 cm³/mol. The Morgan fingerprint density at radius 2 is 1.68 bits per heavy atom. The van der Waals surface area contributed by atoms with Crippen molar-refractivity contribution in [3.05, 3.63) is 71.3 Å². The molecule has 0 amide bonds. The Labute approximate surface area is 141 Å². The van der Waals surface area contributed by atoms with Gasteiger partial charge in [0.05, 0.1) is 12.5 Å². The van der Waals surface area contributed by atoms with Gasteiger partial charge in [-0.05, 0) is 42.0 Å². The van der Waals surface area contributed by atoms with Crippen LogP contribution in [0.5, 0.6) is 5.75 Å². The van der Waals surface area contributed by atoms with Crippen LogP contribution in [-0.4, -0.2) is 7.11 Å². The van der Waals surface area contributed by atoms with Gasteiger partial charge in [0.2, 0.25) is 5.69 Å². The fourth-order valence-corrected chi connectivity index (χ4v) is 2.54. The van der Waals surface area contributed by atoms with Crippen LogP contribution in [-0.2, 0) is 6.18 Å². The normalized spacial score (nSPS) is 12.0. The second-order valence-electron chi connectivity index (χ2n) is 5.41. The second-order valence-corrected chi connectivity index (χ2v) is 5.41. The van der Waals surface area contributed by atoms with Gasteiger partial charge in [0.25, 0.3) is 0 Å². The largest absolute Gasteiger partial charge is 0.497 e. The van der Waals surface area contributed by atoms with Crippen LogP contribution in [0.2, 0.25) is 0 Å². The topological polar surface area (TPSA) is 23.4 Å². The first kappa shape index (κ1) is 17.0. The summed E-state index contributed by atoms with van der Waals surface area (Å²) in [5.41, 5.74) is 0.478. The van der Waals surface area contributed by atoms with Crippen molar-refractivity contribution < 1.29 is 27.3 Å². The molecule has 0 bridgehead atoms. The van der Waals surface area contributed by atoms with E-state index < -0.39 is 11.7 Å². The Morgan fingerprint density at radius 1 is 0.960 bits per heavy atom. The van der Waals surface area contributed by atoms with Gasteiger partial charge in [-0.1, -0.05) is 12.1 Å². The van der Waals surface area contributed by atoms with Crippen LogP contribution in [0.1, 0.15) is 16.8 Å². The van der Waals surface area contributed by atoms with Gasteiger partial charge >= 0.3 is 6.18 Å². The zero-order valence-corrected chi connectivity index (χ0v) is 13.2. The molecule has 0 spiro atoms. The van der Waals surface area contributed by atoms with E-state index in [0.29, 0.717) is 16.8 Å². The molecule has 0 fully saturated rings. The zero-order valence-electron chi connectivity index (χ0n) is 13.2. The lowest BCUT2D eigenvalue weighted by atomic mass is 10.0. The minimum Gasteiger partial charge on any atom is -0.497 e. The van der Waals surface area contributed by atoms with Crippen molar-refractivity contribution in [3.63, 3.8) is 0 Å². The molecule has 2 aromatic carbocycles. The fraction of sp³-hybridized carbons (Fsp3) is 0.105. The maximum absolute atomic E-state index is 13.3. The number of hydrogen-bond donors (Lipinski definition) is 0. The molecular weight excluding hydrogens is 334 g/mol. The van der Waals surface area contributed by atoms with Gasteiger partial charge in [-0.3, -0.25) is 0 Å². The molecule has 0 saturated carbocycles. The third kappa shape index (κ3) is 3.63.